The lowest BCUT2D eigenvalue weighted by Gasteiger charge is -2.08. The number of carbonyl (C=O) groups excluding carboxylic acids is 1. The number of halogens is 1. The van der Waals surface area contributed by atoms with Gasteiger partial charge in [-0.15, -0.1) is 0 Å². The van der Waals surface area contributed by atoms with Gasteiger partial charge in [0, 0.05) is 5.33 Å². The number of hydrogen-bond donors (Lipinski definition) is 0. The van der Waals surface area contributed by atoms with E-state index in [2.05, 4.69) is 15.9 Å². The molecule has 0 fully saturated rings. The molecule has 0 aliphatic rings. The SMILES string of the molecule is COC(=O)c1ccc(-c2ccc(OCCCCCBr)cc2)cc1. The van der Waals surface area contributed by atoms with Crippen LogP contribution in [0.3, 0.4) is 0 Å². The average Bonchev–Trinajstić information content (AvgIpc) is 2.61. The van der Waals surface area contributed by atoms with Crippen molar-refractivity contribution in [3.8, 4) is 16.9 Å². The molecule has 2 aromatic carbocycles. The fraction of sp³-hybridized carbons (Fsp3) is 0.316. The summed E-state index contributed by atoms with van der Waals surface area (Å²) < 4.78 is 10.4. The topological polar surface area (TPSA) is 35.5 Å². The van der Waals surface area contributed by atoms with Crippen molar-refractivity contribution < 1.29 is 14.3 Å². The minimum absolute atomic E-state index is 0.319. The van der Waals surface area contributed by atoms with Gasteiger partial charge in [0.05, 0.1) is 19.3 Å². The first-order valence-corrected chi connectivity index (χ1v) is 8.84. The van der Waals surface area contributed by atoms with Crippen LogP contribution in [0.25, 0.3) is 11.1 Å². The second-order valence-corrected chi connectivity index (χ2v) is 5.98. The first-order chi connectivity index (χ1) is 11.2. The summed E-state index contributed by atoms with van der Waals surface area (Å²) in [6.07, 6.45) is 3.43. The molecule has 0 spiro atoms. The molecule has 0 heterocycles. The maximum atomic E-state index is 11.4. The van der Waals surface area contributed by atoms with E-state index in [4.69, 9.17) is 9.47 Å². The van der Waals surface area contributed by atoms with E-state index in [1.54, 1.807) is 12.1 Å². The van der Waals surface area contributed by atoms with Crippen LogP contribution in [0.4, 0.5) is 0 Å². The zero-order valence-corrected chi connectivity index (χ0v) is 14.8. The fourth-order valence-corrected chi connectivity index (χ4v) is 2.62. The molecule has 2 aromatic rings. The van der Waals surface area contributed by atoms with E-state index < -0.39 is 0 Å². The summed E-state index contributed by atoms with van der Waals surface area (Å²) in [5.41, 5.74) is 2.70. The van der Waals surface area contributed by atoms with Crippen LogP contribution < -0.4 is 4.74 Å². The lowest BCUT2D eigenvalue weighted by atomic mass is 10.0. The molecule has 0 aliphatic carbocycles. The minimum atomic E-state index is -0.319. The Labute approximate surface area is 145 Å². The van der Waals surface area contributed by atoms with Gasteiger partial charge in [-0.1, -0.05) is 40.2 Å². The Kier molecular flexibility index (Phi) is 7.14. The molecule has 0 saturated heterocycles. The number of alkyl halides is 1. The Hall–Kier alpha value is -1.81. The third kappa shape index (κ3) is 5.39. The molecule has 122 valence electrons. The molecule has 0 aliphatic heterocycles. The van der Waals surface area contributed by atoms with E-state index in [-0.39, 0.29) is 5.97 Å². The zero-order chi connectivity index (χ0) is 16.5. The van der Waals surface area contributed by atoms with Gasteiger partial charge >= 0.3 is 5.97 Å². The largest absolute Gasteiger partial charge is 0.494 e. The van der Waals surface area contributed by atoms with Crippen LogP contribution in [0.5, 0.6) is 5.75 Å². The number of methoxy groups -OCH3 is 1. The molecule has 0 aromatic heterocycles. The summed E-state index contributed by atoms with van der Waals surface area (Å²) in [5, 5.41) is 1.05. The first kappa shape index (κ1) is 17.5. The molecule has 3 nitrogen and oxygen atoms in total. The van der Waals surface area contributed by atoms with Crippen LogP contribution >= 0.6 is 15.9 Å². The van der Waals surface area contributed by atoms with Gasteiger partial charge in [-0.25, -0.2) is 4.79 Å². The summed E-state index contributed by atoms with van der Waals surface area (Å²) in [7, 11) is 1.38. The Morgan fingerprint density at radius 1 is 0.913 bits per heavy atom. The minimum Gasteiger partial charge on any atom is -0.494 e. The smallest absolute Gasteiger partial charge is 0.337 e. The van der Waals surface area contributed by atoms with E-state index in [1.807, 2.05) is 36.4 Å². The second-order valence-electron chi connectivity index (χ2n) is 5.19. The average molecular weight is 377 g/mol. The Morgan fingerprint density at radius 3 is 2.09 bits per heavy atom. The van der Waals surface area contributed by atoms with Crippen molar-refractivity contribution in [2.45, 2.75) is 19.3 Å². The first-order valence-electron chi connectivity index (χ1n) is 7.72. The van der Waals surface area contributed by atoms with Crippen molar-refractivity contribution in [1.82, 2.24) is 0 Å². The van der Waals surface area contributed by atoms with Gasteiger partial charge in [0.15, 0.2) is 0 Å². The molecule has 0 amide bonds. The van der Waals surface area contributed by atoms with Gasteiger partial charge in [0.2, 0.25) is 0 Å². The number of hydrogen-bond acceptors (Lipinski definition) is 3. The summed E-state index contributed by atoms with van der Waals surface area (Å²) >= 11 is 3.43. The molecule has 4 heteroatoms. The van der Waals surface area contributed by atoms with Crippen LogP contribution in [0.1, 0.15) is 29.6 Å². The molecule has 0 saturated carbocycles. The fourth-order valence-electron chi connectivity index (χ4n) is 2.22. The molecule has 23 heavy (non-hydrogen) atoms. The second kappa shape index (κ2) is 9.36. The predicted molar refractivity (Wildman–Crippen MR) is 96.4 cm³/mol. The number of ether oxygens (including phenoxy) is 2. The summed E-state index contributed by atoms with van der Waals surface area (Å²) in [6, 6.07) is 15.4. The highest BCUT2D eigenvalue weighted by Gasteiger charge is 2.05. The van der Waals surface area contributed by atoms with Crippen molar-refractivity contribution in [3.63, 3.8) is 0 Å². The third-order valence-corrected chi connectivity index (χ3v) is 4.10. The lowest BCUT2D eigenvalue weighted by Crippen LogP contribution is -2.00. The number of carbonyl (C=O) groups is 1. The Balaban J connectivity index is 1.92. The number of benzene rings is 2. The maximum Gasteiger partial charge on any atom is 0.337 e. The van der Waals surface area contributed by atoms with Crippen molar-refractivity contribution in [2.75, 3.05) is 19.0 Å². The van der Waals surface area contributed by atoms with Gasteiger partial charge in [-0.2, -0.15) is 0 Å². The van der Waals surface area contributed by atoms with E-state index in [1.165, 1.54) is 20.0 Å². The van der Waals surface area contributed by atoms with Gasteiger partial charge < -0.3 is 9.47 Å². The molecule has 0 bridgehead atoms. The van der Waals surface area contributed by atoms with E-state index in [9.17, 15) is 4.79 Å². The van der Waals surface area contributed by atoms with Gasteiger partial charge in [0.1, 0.15) is 5.75 Å². The highest BCUT2D eigenvalue weighted by molar-refractivity contribution is 9.09. The van der Waals surface area contributed by atoms with Crippen LogP contribution in [0.2, 0.25) is 0 Å². The normalized spacial score (nSPS) is 10.3. The highest BCUT2D eigenvalue weighted by atomic mass is 79.9. The third-order valence-electron chi connectivity index (χ3n) is 3.54. The van der Waals surface area contributed by atoms with E-state index in [0.717, 1.165) is 35.2 Å². The standard InChI is InChI=1S/C19H21BrO3/c1-22-19(21)17-7-5-15(6-8-17)16-9-11-18(12-10-16)23-14-4-2-3-13-20/h5-12H,2-4,13-14H2,1H3. The van der Waals surface area contributed by atoms with Crippen molar-refractivity contribution in [3.05, 3.63) is 54.1 Å². The molecule has 2 rings (SSSR count). The highest BCUT2D eigenvalue weighted by Crippen LogP contribution is 2.23. The Bertz CT molecular complexity index is 606. The monoisotopic (exact) mass is 376 g/mol. The summed E-state index contributed by atoms with van der Waals surface area (Å²) in [5.74, 6) is 0.569. The van der Waals surface area contributed by atoms with Crippen LogP contribution in [0.15, 0.2) is 48.5 Å². The van der Waals surface area contributed by atoms with Crippen molar-refractivity contribution >= 4 is 21.9 Å². The molecule has 0 atom stereocenters. The van der Waals surface area contributed by atoms with Crippen molar-refractivity contribution in [1.29, 1.82) is 0 Å². The van der Waals surface area contributed by atoms with E-state index in [0.29, 0.717) is 5.56 Å². The molecule has 0 unspecified atom stereocenters. The van der Waals surface area contributed by atoms with Crippen LogP contribution in [0, 0.1) is 0 Å². The quantitative estimate of drug-likeness (QED) is 0.365. The molecular formula is C19H21BrO3. The lowest BCUT2D eigenvalue weighted by molar-refractivity contribution is 0.0601. The predicted octanol–water partition coefficient (Wildman–Crippen LogP) is 5.08. The Morgan fingerprint density at radius 2 is 1.52 bits per heavy atom. The van der Waals surface area contributed by atoms with Gasteiger partial charge in [-0.05, 0) is 54.7 Å². The zero-order valence-electron chi connectivity index (χ0n) is 13.3. The van der Waals surface area contributed by atoms with Gasteiger partial charge in [0.25, 0.3) is 0 Å². The van der Waals surface area contributed by atoms with Crippen LogP contribution in [-0.2, 0) is 4.74 Å². The maximum absolute atomic E-state index is 11.4. The van der Waals surface area contributed by atoms with Crippen LogP contribution in [-0.4, -0.2) is 25.0 Å². The number of esters is 1. The summed E-state index contributed by atoms with van der Waals surface area (Å²) in [4.78, 5) is 11.4. The number of rotatable bonds is 8. The van der Waals surface area contributed by atoms with Gasteiger partial charge in [-0.3, -0.25) is 0 Å². The molecule has 0 N–H and O–H groups in total. The summed E-state index contributed by atoms with van der Waals surface area (Å²) in [6.45, 7) is 0.750. The molecule has 0 radical (unpaired) electrons. The van der Waals surface area contributed by atoms with Crippen molar-refractivity contribution in [2.24, 2.45) is 0 Å². The van der Waals surface area contributed by atoms with E-state index >= 15 is 0 Å². The molecular weight excluding hydrogens is 356 g/mol. The number of unbranched alkanes of at least 4 members (excludes halogenated alkanes) is 2.